The van der Waals surface area contributed by atoms with Gasteiger partial charge in [-0.1, -0.05) is 12.1 Å². The summed E-state index contributed by atoms with van der Waals surface area (Å²) in [6.45, 7) is 3.40. The Balaban J connectivity index is 2.10. The summed E-state index contributed by atoms with van der Waals surface area (Å²) in [5.74, 6) is 0.864. The van der Waals surface area contributed by atoms with Gasteiger partial charge >= 0.3 is 0 Å². The van der Waals surface area contributed by atoms with E-state index < -0.39 is 5.67 Å². The molecule has 0 amide bonds. The first-order chi connectivity index (χ1) is 8.13. The molecule has 1 atom stereocenters. The zero-order chi connectivity index (χ0) is 12.3. The Morgan fingerprint density at radius 3 is 2.88 bits per heavy atom. The van der Waals surface area contributed by atoms with E-state index in [1.807, 2.05) is 25.1 Å². The molecule has 17 heavy (non-hydrogen) atoms. The number of alkyl halides is 1. The summed E-state index contributed by atoms with van der Waals surface area (Å²) in [6.07, 6.45) is 2.07. The van der Waals surface area contributed by atoms with Crippen molar-refractivity contribution in [3.63, 3.8) is 0 Å². The normalized spacial score (nSPS) is 24.6. The Labute approximate surface area is 102 Å². The zero-order valence-corrected chi connectivity index (χ0v) is 10.6. The molecule has 1 aromatic rings. The lowest BCUT2D eigenvalue weighted by Gasteiger charge is -2.30. The smallest absolute Gasteiger partial charge is 0.127 e. The number of benzene rings is 1. The summed E-state index contributed by atoms with van der Waals surface area (Å²) in [5.41, 5.74) is 1.03. The first-order valence-corrected chi connectivity index (χ1v) is 6.16. The first-order valence-electron chi connectivity index (χ1n) is 6.16. The zero-order valence-electron chi connectivity index (χ0n) is 10.6. The van der Waals surface area contributed by atoms with Crippen LogP contribution in [-0.4, -0.2) is 25.9 Å². The van der Waals surface area contributed by atoms with Crippen LogP contribution in [0.15, 0.2) is 18.2 Å². The summed E-state index contributed by atoms with van der Waals surface area (Å²) in [6, 6.07) is 5.90. The lowest BCUT2D eigenvalue weighted by atomic mass is 9.89. The van der Waals surface area contributed by atoms with Crippen molar-refractivity contribution in [1.29, 1.82) is 0 Å². The number of halogens is 1. The lowest BCUT2D eigenvalue weighted by molar-refractivity contribution is 0.122. The maximum absolute atomic E-state index is 14.5. The lowest BCUT2D eigenvalue weighted by Crippen LogP contribution is -2.43. The molecule has 2 rings (SSSR count). The van der Waals surface area contributed by atoms with Crippen molar-refractivity contribution in [2.24, 2.45) is 0 Å². The van der Waals surface area contributed by atoms with Crippen molar-refractivity contribution >= 4 is 0 Å². The van der Waals surface area contributed by atoms with Crippen LogP contribution in [0.2, 0.25) is 0 Å². The molecular weight excluding hydrogens is 217 g/mol. The number of nitrogens with one attached hydrogen (secondary N) is 1. The van der Waals surface area contributed by atoms with Crippen molar-refractivity contribution in [3.05, 3.63) is 29.3 Å². The second-order valence-electron chi connectivity index (χ2n) is 4.91. The Morgan fingerprint density at radius 2 is 2.29 bits per heavy atom. The molecule has 1 aliphatic rings. The number of rotatable bonds is 3. The molecule has 1 saturated heterocycles. The maximum atomic E-state index is 14.5. The Kier molecular flexibility index (Phi) is 3.67. The van der Waals surface area contributed by atoms with E-state index >= 15 is 0 Å². The fraction of sp³-hybridized carbons (Fsp3) is 0.571. The number of methoxy groups -OCH3 is 1. The van der Waals surface area contributed by atoms with Gasteiger partial charge < -0.3 is 10.1 Å². The van der Waals surface area contributed by atoms with Crippen molar-refractivity contribution in [2.45, 2.75) is 31.9 Å². The largest absolute Gasteiger partial charge is 0.496 e. The molecule has 1 fully saturated rings. The molecule has 3 heteroatoms. The van der Waals surface area contributed by atoms with Crippen molar-refractivity contribution < 1.29 is 9.13 Å². The fourth-order valence-corrected chi connectivity index (χ4v) is 2.50. The van der Waals surface area contributed by atoms with Crippen LogP contribution >= 0.6 is 0 Å². The van der Waals surface area contributed by atoms with Crippen molar-refractivity contribution in [1.82, 2.24) is 5.32 Å². The van der Waals surface area contributed by atoms with E-state index in [0.717, 1.165) is 29.8 Å². The van der Waals surface area contributed by atoms with Gasteiger partial charge in [0, 0.05) is 13.0 Å². The molecule has 0 radical (unpaired) electrons. The second-order valence-corrected chi connectivity index (χ2v) is 4.91. The molecule has 2 nitrogen and oxygen atoms in total. The van der Waals surface area contributed by atoms with Gasteiger partial charge in [-0.05, 0) is 43.5 Å². The van der Waals surface area contributed by atoms with Gasteiger partial charge in [0.2, 0.25) is 0 Å². The van der Waals surface area contributed by atoms with E-state index in [2.05, 4.69) is 5.32 Å². The predicted octanol–water partition coefficient (Wildman–Crippen LogP) is 2.64. The molecule has 0 saturated carbocycles. The Bertz CT molecular complexity index is 386. The molecule has 0 aliphatic carbocycles. The predicted molar refractivity (Wildman–Crippen MR) is 67.4 cm³/mol. The van der Waals surface area contributed by atoms with Gasteiger partial charge in [0.05, 0.1) is 7.11 Å². The highest BCUT2D eigenvalue weighted by molar-refractivity contribution is 5.36. The number of ether oxygens (including phenoxy) is 1. The van der Waals surface area contributed by atoms with Crippen LogP contribution in [0.4, 0.5) is 4.39 Å². The SMILES string of the molecule is COc1ccc(CC2(F)CCCNC2)cc1C. The number of aryl methyl sites for hydroxylation is 1. The highest BCUT2D eigenvalue weighted by atomic mass is 19.1. The number of hydrogen-bond acceptors (Lipinski definition) is 2. The average molecular weight is 237 g/mol. The van der Waals surface area contributed by atoms with Gasteiger partial charge in [-0.25, -0.2) is 4.39 Å². The van der Waals surface area contributed by atoms with Crippen LogP contribution in [0.25, 0.3) is 0 Å². The molecule has 0 spiro atoms. The van der Waals surface area contributed by atoms with Gasteiger partial charge in [-0.15, -0.1) is 0 Å². The Hall–Kier alpha value is -1.09. The van der Waals surface area contributed by atoms with Gasteiger partial charge in [0.25, 0.3) is 0 Å². The maximum Gasteiger partial charge on any atom is 0.127 e. The van der Waals surface area contributed by atoms with Crippen LogP contribution in [0.1, 0.15) is 24.0 Å². The molecule has 1 heterocycles. The second kappa shape index (κ2) is 5.05. The van der Waals surface area contributed by atoms with Crippen molar-refractivity contribution in [2.75, 3.05) is 20.2 Å². The van der Waals surface area contributed by atoms with Crippen LogP contribution in [0.5, 0.6) is 5.75 Å². The van der Waals surface area contributed by atoms with Crippen LogP contribution in [0.3, 0.4) is 0 Å². The molecule has 0 aromatic heterocycles. The first kappa shape index (κ1) is 12.4. The molecule has 0 bridgehead atoms. The summed E-state index contributed by atoms with van der Waals surface area (Å²) < 4.78 is 19.7. The van der Waals surface area contributed by atoms with Crippen LogP contribution in [-0.2, 0) is 6.42 Å². The summed E-state index contributed by atoms with van der Waals surface area (Å²) in [4.78, 5) is 0. The molecule has 1 unspecified atom stereocenters. The third kappa shape index (κ3) is 2.97. The summed E-state index contributed by atoms with van der Waals surface area (Å²) in [7, 11) is 1.66. The highest BCUT2D eigenvalue weighted by Crippen LogP contribution is 2.27. The third-order valence-electron chi connectivity index (χ3n) is 3.40. The van der Waals surface area contributed by atoms with E-state index in [1.165, 1.54) is 0 Å². The molecule has 1 aromatic carbocycles. The van der Waals surface area contributed by atoms with E-state index in [4.69, 9.17) is 4.74 Å². The van der Waals surface area contributed by atoms with E-state index in [0.29, 0.717) is 19.4 Å². The monoisotopic (exact) mass is 237 g/mol. The summed E-state index contributed by atoms with van der Waals surface area (Å²) >= 11 is 0. The summed E-state index contributed by atoms with van der Waals surface area (Å²) in [5, 5.41) is 3.13. The van der Waals surface area contributed by atoms with E-state index in [-0.39, 0.29) is 0 Å². The third-order valence-corrected chi connectivity index (χ3v) is 3.40. The van der Waals surface area contributed by atoms with Crippen LogP contribution < -0.4 is 10.1 Å². The van der Waals surface area contributed by atoms with Crippen LogP contribution in [0, 0.1) is 6.92 Å². The topological polar surface area (TPSA) is 21.3 Å². The van der Waals surface area contributed by atoms with E-state index in [9.17, 15) is 4.39 Å². The quantitative estimate of drug-likeness (QED) is 0.872. The molecule has 1 N–H and O–H groups in total. The highest BCUT2D eigenvalue weighted by Gasteiger charge is 2.31. The Morgan fingerprint density at radius 1 is 1.47 bits per heavy atom. The van der Waals surface area contributed by atoms with Crippen molar-refractivity contribution in [3.8, 4) is 5.75 Å². The standard InChI is InChI=1S/C14H20FNO/c1-11-8-12(4-5-13(11)17-2)9-14(15)6-3-7-16-10-14/h4-5,8,16H,3,6-7,9-10H2,1-2H3. The number of piperidine rings is 1. The minimum Gasteiger partial charge on any atom is -0.496 e. The number of hydrogen-bond donors (Lipinski definition) is 1. The minimum atomic E-state index is -1.08. The average Bonchev–Trinajstić information content (AvgIpc) is 2.29. The van der Waals surface area contributed by atoms with Gasteiger partial charge in [0.1, 0.15) is 11.4 Å². The minimum absolute atomic E-state index is 0.470. The van der Waals surface area contributed by atoms with Gasteiger partial charge in [0.15, 0.2) is 0 Å². The molecule has 1 aliphatic heterocycles. The molecule has 94 valence electrons. The fourth-order valence-electron chi connectivity index (χ4n) is 2.50. The van der Waals surface area contributed by atoms with Gasteiger partial charge in [-0.2, -0.15) is 0 Å². The van der Waals surface area contributed by atoms with E-state index in [1.54, 1.807) is 7.11 Å². The molecular formula is C14H20FNO. The van der Waals surface area contributed by atoms with Gasteiger partial charge in [-0.3, -0.25) is 0 Å².